The van der Waals surface area contributed by atoms with Crippen LogP contribution >= 0.6 is 0 Å². The van der Waals surface area contributed by atoms with E-state index in [0.717, 1.165) is 55.7 Å². The van der Waals surface area contributed by atoms with Crippen molar-refractivity contribution >= 4 is 16.8 Å². The van der Waals surface area contributed by atoms with Gasteiger partial charge in [-0.05, 0) is 30.2 Å². The molecule has 2 aromatic heterocycles. The van der Waals surface area contributed by atoms with E-state index in [4.69, 9.17) is 4.74 Å². The molecule has 0 unspecified atom stereocenters. The minimum Gasteiger partial charge on any atom is -0.379 e. The molecule has 1 saturated heterocycles. The number of para-hydroxylation sites is 1. The third-order valence-electron chi connectivity index (χ3n) is 5.80. The summed E-state index contributed by atoms with van der Waals surface area (Å²) in [5, 5.41) is 0.794. The zero-order chi connectivity index (χ0) is 21.6. The molecular weight excluding hydrogens is 392 g/mol. The number of carbonyl (C=O) groups is 1. The second kappa shape index (κ2) is 9.85. The lowest BCUT2D eigenvalue weighted by molar-refractivity contribution is 0.0355. The monoisotopic (exact) mass is 420 g/mol. The number of hydrogen-bond donors (Lipinski definition) is 0. The lowest BCUT2D eigenvalue weighted by Crippen LogP contribution is -2.39. The maximum absolute atomic E-state index is 13.6. The van der Waals surface area contributed by atoms with Crippen LogP contribution in [-0.4, -0.2) is 64.7 Å². The SMILES string of the molecule is Cn1c(=O)cc(C(=O)N(CCCN2CCOCC2)Cc2ccncc2)c2ccccc21. The summed E-state index contributed by atoms with van der Waals surface area (Å²) >= 11 is 0. The number of aromatic nitrogens is 2. The molecule has 3 heterocycles. The van der Waals surface area contributed by atoms with Gasteiger partial charge in [-0.25, -0.2) is 0 Å². The van der Waals surface area contributed by atoms with Gasteiger partial charge in [0.1, 0.15) is 0 Å². The van der Waals surface area contributed by atoms with Crippen molar-refractivity contribution in [1.29, 1.82) is 0 Å². The second-order valence-corrected chi connectivity index (χ2v) is 7.86. The van der Waals surface area contributed by atoms with Gasteiger partial charge >= 0.3 is 0 Å². The molecule has 1 fully saturated rings. The number of hydrogen-bond acceptors (Lipinski definition) is 5. The molecule has 0 spiro atoms. The second-order valence-electron chi connectivity index (χ2n) is 7.86. The quantitative estimate of drug-likeness (QED) is 0.587. The molecule has 0 atom stereocenters. The predicted molar refractivity (Wildman–Crippen MR) is 120 cm³/mol. The first-order chi connectivity index (χ1) is 15.1. The molecule has 162 valence electrons. The molecule has 0 N–H and O–H groups in total. The zero-order valence-corrected chi connectivity index (χ0v) is 17.9. The molecule has 3 aromatic rings. The lowest BCUT2D eigenvalue weighted by Gasteiger charge is -2.28. The number of rotatable bonds is 7. The van der Waals surface area contributed by atoms with Gasteiger partial charge in [0.05, 0.1) is 24.3 Å². The van der Waals surface area contributed by atoms with Crippen LogP contribution in [0.15, 0.2) is 59.7 Å². The number of carbonyl (C=O) groups excluding carboxylic acids is 1. The summed E-state index contributed by atoms with van der Waals surface area (Å²) in [6.07, 6.45) is 4.33. The van der Waals surface area contributed by atoms with Crippen molar-refractivity contribution in [3.05, 3.63) is 76.3 Å². The molecule has 1 aliphatic heterocycles. The Morgan fingerprint density at radius 2 is 1.87 bits per heavy atom. The van der Waals surface area contributed by atoms with Crippen molar-refractivity contribution in [3.63, 3.8) is 0 Å². The number of morpholine rings is 1. The van der Waals surface area contributed by atoms with Crippen LogP contribution in [0.2, 0.25) is 0 Å². The van der Waals surface area contributed by atoms with Crippen molar-refractivity contribution in [2.75, 3.05) is 39.4 Å². The van der Waals surface area contributed by atoms with Gasteiger partial charge in [-0.3, -0.25) is 19.5 Å². The first-order valence-electron chi connectivity index (χ1n) is 10.7. The van der Waals surface area contributed by atoms with Gasteiger partial charge in [0.25, 0.3) is 11.5 Å². The predicted octanol–water partition coefficient (Wildman–Crippen LogP) is 2.30. The fraction of sp³-hybridized carbons (Fsp3) is 0.375. The highest BCUT2D eigenvalue weighted by molar-refractivity contribution is 6.06. The Hall–Kier alpha value is -3.03. The van der Waals surface area contributed by atoms with Gasteiger partial charge in [-0.2, -0.15) is 0 Å². The number of pyridine rings is 2. The summed E-state index contributed by atoms with van der Waals surface area (Å²) in [6, 6.07) is 12.9. The molecule has 0 radical (unpaired) electrons. The normalized spacial score (nSPS) is 14.6. The fourth-order valence-electron chi connectivity index (χ4n) is 4.03. The van der Waals surface area contributed by atoms with Gasteiger partial charge < -0.3 is 14.2 Å². The van der Waals surface area contributed by atoms with Crippen molar-refractivity contribution in [2.45, 2.75) is 13.0 Å². The topological polar surface area (TPSA) is 67.7 Å². The van der Waals surface area contributed by atoms with Gasteiger partial charge in [0, 0.05) is 63.6 Å². The number of ether oxygens (including phenoxy) is 1. The Morgan fingerprint density at radius 3 is 2.65 bits per heavy atom. The summed E-state index contributed by atoms with van der Waals surface area (Å²) in [7, 11) is 1.73. The standard InChI is InChI=1S/C24H28N4O3/c1-26-22-6-3-2-5-20(22)21(17-23(26)29)24(30)28(18-19-7-9-25-10-8-19)12-4-11-27-13-15-31-16-14-27/h2-3,5-10,17H,4,11-16,18H2,1H3. The molecule has 4 rings (SSSR count). The van der Waals surface area contributed by atoms with E-state index in [1.807, 2.05) is 41.3 Å². The summed E-state index contributed by atoms with van der Waals surface area (Å²) in [5.41, 5.74) is 2.05. The third kappa shape index (κ3) is 5.00. The highest BCUT2D eigenvalue weighted by atomic mass is 16.5. The number of aryl methyl sites for hydroxylation is 1. The van der Waals surface area contributed by atoms with Crippen LogP contribution < -0.4 is 5.56 Å². The maximum atomic E-state index is 13.6. The minimum absolute atomic E-state index is 0.118. The van der Waals surface area contributed by atoms with E-state index in [9.17, 15) is 9.59 Å². The van der Waals surface area contributed by atoms with Crippen molar-refractivity contribution in [1.82, 2.24) is 19.4 Å². The average molecular weight is 421 g/mol. The smallest absolute Gasteiger partial charge is 0.255 e. The number of amides is 1. The van der Waals surface area contributed by atoms with Crippen LogP contribution in [0.25, 0.3) is 10.9 Å². The highest BCUT2D eigenvalue weighted by Gasteiger charge is 2.21. The van der Waals surface area contributed by atoms with Crippen LogP contribution in [-0.2, 0) is 18.3 Å². The molecule has 0 saturated carbocycles. The van der Waals surface area contributed by atoms with Crippen LogP contribution in [0, 0.1) is 0 Å². The molecule has 7 heteroatoms. The largest absolute Gasteiger partial charge is 0.379 e. The van der Waals surface area contributed by atoms with Crippen LogP contribution in [0.1, 0.15) is 22.3 Å². The summed E-state index contributed by atoms with van der Waals surface area (Å²) in [4.78, 5) is 34.4. The van der Waals surface area contributed by atoms with Crippen molar-refractivity contribution in [2.24, 2.45) is 7.05 Å². The summed E-state index contributed by atoms with van der Waals surface area (Å²) in [6.45, 7) is 5.39. The van der Waals surface area contributed by atoms with Crippen LogP contribution in [0.5, 0.6) is 0 Å². The molecule has 1 aliphatic rings. The molecule has 0 aliphatic carbocycles. The van der Waals surface area contributed by atoms with Gasteiger partial charge in [0.15, 0.2) is 0 Å². The van der Waals surface area contributed by atoms with Gasteiger partial charge in [-0.1, -0.05) is 18.2 Å². The van der Waals surface area contributed by atoms with E-state index in [1.165, 1.54) is 6.07 Å². The van der Waals surface area contributed by atoms with E-state index in [-0.39, 0.29) is 11.5 Å². The zero-order valence-electron chi connectivity index (χ0n) is 17.9. The van der Waals surface area contributed by atoms with E-state index < -0.39 is 0 Å². The Kier molecular flexibility index (Phi) is 6.74. The van der Waals surface area contributed by atoms with Gasteiger partial charge in [-0.15, -0.1) is 0 Å². The molecule has 1 amide bonds. The highest BCUT2D eigenvalue weighted by Crippen LogP contribution is 2.19. The minimum atomic E-state index is -0.181. The maximum Gasteiger partial charge on any atom is 0.255 e. The molecular formula is C24H28N4O3. The lowest BCUT2D eigenvalue weighted by atomic mass is 10.1. The molecule has 0 bridgehead atoms. The van der Waals surface area contributed by atoms with E-state index >= 15 is 0 Å². The summed E-state index contributed by atoms with van der Waals surface area (Å²) in [5.74, 6) is -0.118. The third-order valence-corrected chi connectivity index (χ3v) is 5.80. The van der Waals surface area contributed by atoms with E-state index in [0.29, 0.717) is 18.7 Å². The van der Waals surface area contributed by atoms with Crippen molar-refractivity contribution < 1.29 is 9.53 Å². The summed E-state index contributed by atoms with van der Waals surface area (Å²) < 4.78 is 7.00. The first kappa shape index (κ1) is 21.2. The molecule has 7 nitrogen and oxygen atoms in total. The van der Waals surface area contributed by atoms with Crippen LogP contribution in [0.4, 0.5) is 0 Å². The number of benzene rings is 1. The Bertz CT molecular complexity index is 1090. The van der Waals surface area contributed by atoms with E-state index in [1.54, 1.807) is 24.0 Å². The Balaban J connectivity index is 1.59. The van der Waals surface area contributed by atoms with Crippen molar-refractivity contribution in [3.8, 4) is 0 Å². The first-order valence-corrected chi connectivity index (χ1v) is 10.7. The Labute approximate surface area is 181 Å². The number of fused-ring (bicyclic) bond motifs is 1. The van der Waals surface area contributed by atoms with Gasteiger partial charge in [0.2, 0.25) is 0 Å². The number of nitrogens with zero attached hydrogens (tertiary/aromatic N) is 4. The average Bonchev–Trinajstić information content (AvgIpc) is 2.82. The Morgan fingerprint density at radius 1 is 1.13 bits per heavy atom. The molecule has 31 heavy (non-hydrogen) atoms. The van der Waals surface area contributed by atoms with Crippen LogP contribution in [0.3, 0.4) is 0 Å². The molecule has 1 aromatic carbocycles. The van der Waals surface area contributed by atoms with E-state index in [2.05, 4.69) is 9.88 Å². The fourth-order valence-corrected chi connectivity index (χ4v) is 4.03.